The monoisotopic (exact) mass is 515 g/mol. The van der Waals surface area contributed by atoms with E-state index >= 15 is 0 Å². The number of ether oxygens (including phenoxy) is 1. The van der Waals surface area contributed by atoms with Crippen molar-refractivity contribution in [2.75, 3.05) is 6.61 Å². The molecule has 172 valence electrons. The maximum absolute atomic E-state index is 12.6. The van der Waals surface area contributed by atoms with E-state index in [9.17, 15) is 21.4 Å². The Hall–Kier alpha value is 0.0600. The average Bonchev–Trinajstić information content (AvgIpc) is 2.72. The molecular weight excluding hydrogens is 486 g/mol. The van der Waals surface area contributed by atoms with Gasteiger partial charge >= 0.3 is 59.1 Å². The summed E-state index contributed by atoms with van der Waals surface area (Å²) in [5.74, 6) is -0.0974. The summed E-state index contributed by atoms with van der Waals surface area (Å²) in [6.45, 7) is 2.07. The molecule has 0 aliphatic rings. The van der Waals surface area contributed by atoms with Crippen molar-refractivity contribution in [2.24, 2.45) is 0 Å². The van der Waals surface area contributed by atoms with Crippen LogP contribution in [0.4, 0.5) is 0 Å². The van der Waals surface area contributed by atoms with Crippen molar-refractivity contribution < 1.29 is 89.4 Å². The average molecular weight is 516 g/mol. The van der Waals surface area contributed by atoms with E-state index in [0.717, 1.165) is 31.7 Å². The standard InChI is InChI=1S/C22H30O7S2.2Na/c1-2-3-4-5-6-7-8-12-18-28-31(26,27)21-17-13-16-20(22(21)30(23,24)25)29-19-14-10-9-11-15-19;;/h9-11,13-17H,2-8,12,18H2,1H3,(H,23,24,25);;/q;2*+1/p-1. The molecule has 0 fully saturated rings. The fourth-order valence-corrected chi connectivity index (χ4v) is 5.42. The van der Waals surface area contributed by atoms with E-state index in [1.807, 2.05) is 0 Å². The van der Waals surface area contributed by atoms with Gasteiger partial charge in [-0.05, 0) is 30.7 Å². The molecule has 7 nitrogen and oxygen atoms in total. The summed E-state index contributed by atoms with van der Waals surface area (Å²) in [5.41, 5.74) is 0. The van der Waals surface area contributed by atoms with Gasteiger partial charge in [-0.1, -0.05) is 76.1 Å². The second-order valence-electron chi connectivity index (χ2n) is 7.20. The van der Waals surface area contributed by atoms with Gasteiger partial charge in [0.25, 0.3) is 10.1 Å². The molecule has 2 aromatic rings. The maximum Gasteiger partial charge on any atom is 1.00 e. The van der Waals surface area contributed by atoms with E-state index in [2.05, 4.69) is 6.92 Å². The van der Waals surface area contributed by atoms with Crippen LogP contribution in [0.3, 0.4) is 0 Å². The second kappa shape index (κ2) is 16.7. The van der Waals surface area contributed by atoms with Crippen LogP contribution in [0, 0.1) is 0 Å². The Morgan fingerprint density at radius 3 is 1.91 bits per heavy atom. The second-order valence-corrected chi connectivity index (χ2v) is 10.1. The quantitative estimate of drug-likeness (QED) is 0.141. The third-order valence-electron chi connectivity index (χ3n) is 4.67. The third kappa shape index (κ3) is 11.6. The smallest absolute Gasteiger partial charge is 0.744 e. The molecular formula is C22H29Na2O7S2+. The van der Waals surface area contributed by atoms with Gasteiger partial charge in [0.1, 0.15) is 31.4 Å². The van der Waals surface area contributed by atoms with Crippen molar-refractivity contribution in [3.8, 4) is 11.5 Å². The molecule has 0 atom stereocenters. The van der Waals surface area contributed by atoms with E-state index in [1.165, 1.54) is 31.4 Å². The predicted octanol–water partition coefficient (Wildman–Crippen LogP) is -0.763. The molecule has 0 saturated heterocycles. The van der Waals surface area contributed by atoms with Crippen LogP contribution in [-0.2, 0) is 24.4 Å². The molecule has 0 bridgehead atoms. The fourth-order valence-electron chi connectivity index (χ4n) is 3.10. The van der Waals surface area contributed by atoms with Crippen molar-refractivity contribution in [1.82, 2.24) is 0 Å². The number of hydrogen-bond acceptors (Lipinski definition) is 7. The molecule has 33 heavy (non-hydrogen) atoms. The molecule has 0 amide bonds. The fraction of sp³-hybridized carbons (Fsp3) is 0.455. The first-order valence-electron chi connectivity index (χ1n) is 10.5. The van der Waals surface area contributed by atoms with Gasteiger partial charge in [-0.2, -0.15) is 8.42 Å². The zero-order chi connectivity index (χ0) is 22.7. The minimum Gasteiger partial charge on any atom is -0.744 e. The van der Waals surface area contributed by atoms with Gasteiger partial charge in [0.2, 0.25) is 0 Å². The van der Waals surface area contributed by atoms with E-state index in [0.29, 0.717) is 6.42 Å². The first-order valence-corrected chi connectivity index (χ1v) is 13.3. The number of para-hydroxylation sites is 1. The van der Waals surface area contributed by atoms with Crippen LogP contribution in [0.1, 0.15) is 58.3 Å². The zero-order valence-electron chi connectivity index (χ0n) is 19.7. The van der Waals surface area contributed by atoms with Crippen LogP contribution in [0.15, 0.2) is 58.3 Å². The van der Waals surface area contributed by atoms with Gasteiger partial charge in [-0.15, -0.1) is 0 Å². The summed E-state index contributed by atoms with van der Waals surface area (Å²) in [7, 11) is -9.60. The SMILES string of the molecule is CCCCCCCCCCOS(=O)(=O)c1cccc(Oc2ccccc2)c1S(=O)(=O)[O-].[Na+].[Na+]. The Morgan fingerprint density at radius 2 is 1.33 bits per heavy atom. The number of hydrogen-bond donors (Lipinski definition) is 0. The summed E-state index contributed by atoms with van der Waals surface area (Å²) in [6, 6.07) is 11.7. The van der Waals surface area contributed by atoms with Gasteiger partial charge < -0.3 is 9.29 Å². The maximum atomic E-state index is 12.6. The Morgan fingerprint density at radius 1 is 0.758 bits per heavy atom. The van der Waals surface area contributed by atoms with Crippen LogP contribution in [0.5, 0.6) is 11.5 Å². The summed E-state index contributed by atoms with van der Waals surface area (Å²) in [5, 5.41) is 0. The van der Waals surface area contributed by atoms with Crippen LogP contribution in [0.2, 0.25) is 0 Å². The van der Waals surface area contributed by atoms with E-state index in [1.54, 1.807) is 30.3 Å². The number of benzene rings is 2. The zero-order valence-corrected chi connectivity index (χ0v) is 25.3. The van der Waals surface area contributed by atoms with Gasteiger partial charge in [0.15, 0.2) is 0 Å². The van der Waals surface area contributed by atoms with E-state index in [-0.39, 0.29) is 77.2 Å². The Balaban J connectivity index is 0.00000512. The molecule has 0 heterocycles. The molecule has 0 spiro atoms. The van der Waals surface area contributed by atoms with Crippen molar-refractivity contribution >= 4 is 20.2 Å². The summed E-state index contributed by atoms with van der Waals surface area (Å²) >= 11 is 0. The normalized spacial score (nSPS) is 11.3. The molecule has 0 aliphatic heterocycles. The molecule has 0 unspecified atom stereocenters. The van der Waals surface area contributed by atoms with Gasteiger partial charge in [0, 0.05) is 0 Å². The van der Waals surface area contributed by atoms with Gasteiger partial charge in [-0.3, -0.25) is 4.18 Å². The first-order chi connectivity index (χ1) is 14.8. The van der Waals surface area contributed by atoms with Crippen LogP contribution < -0.4 is 63.9 Å². The topological polar surface area (TPSA) is 110 Å². The van der Waals surface area contributed by atoms with Crippen molar-refractivity contribution in [3.63, 3.8) is 0 Å². The minimum atomic E-state index is -5.15. The summed E-state index contributed by atoms with van der Waals surface area (Å²) < 4.78 is 71.4. The van der Waals surface area contributed by atoms with Gasteiger partial charge in [-0.25, -0.2) is 8.42 Å². The molecule has 0 saturated carbocycles. The molecule has 0 aromatic heterocycles. The summed E-state index contributed by atoms with van der Waals surface area (Å²) in [6.07, 6.45) is 8.17. The van der Waals surface area contributed by atoms with Crippen molar-refractivity contribution in [2.45, 2.75) is 68.1 Å². The Bertz CT molecular complexity index is 1030. The molecule has 0 radical (unpaired) electrons. The Kier molecular flexibility index (Phi) is 16.7. The molecule has 0 aliphatic carbocycles. The van der Waals surface area contributed by atoms with Gasteiger partial charge in [0.05, 0.1) is 6.61 Å². The number of unbranched alkanes of at least 4 members (excludes halogenated alkanes) is 7. The largest absolute Gasteiger partial charge is 1.00 e. The Labute approximate surface area is 242 Å². The van der Waals surface area contributed by atoms with Crippen molar-refractivity contribution in [1.29, 1.82) is 0 Å². The minimum absolute atomic E-state index is 0. The van der Waals surface area contributed by atoms with E-state index in [4.69, 9.17) is 8.92 Å². The molecule has 11 heteroatoms. The summed E-state index contributed by atoms with van der Waals surface area (Å²) in [4.78, 5) is -1.66. The predicted molar refractivity (Wildman–Crippen MR) is 117 cm³/mol. The molecule has 2 aromatic carbocycles. The van der Waals surface area contributed by atoms with E-state index < -0.39 is 30.0 Å². The van der Waals surface area contributed by atoms with Crippen LogP contribution in [0.25, 0.3) is 0 Å². The van der Waals surface area contributed by atoms with Crippen molar-refractivity contribution in [3.05, 3.63) is 48.5 Å². The molecule has 2 rings (SSSR count). The first kappa shape index (κ1) is 33.1. The molecule has 0 N–H and O–H groups in total. The van der Waals surface area contributed by atoms with Crippen LogP contribution >= 0.6 is 0 Å². The number of rotatable bonds is 14. The van der Waals surface area contributed by atoms with Crippen LogP contribution in [-0.4, -0.2) is 28.0 Å². The third-order valence-corrected chi connectivity index (χ3v) is 7.08.